The van der Waals surface area contributed by atoms with E-state index in [2.05, 4.69) is 4.98 Å². The van der Waals surface area contributed by atoms with Crippen LogP contribution in [0.25, 0.3) is 11.0 Å². The van der Waals surface area contributed by atoms with Crippen LogP contribution in [0.2, 0.25) is 0 Å². The molecule has 0 spiro atoms. The SMILES string of the molecule is CCOc1cccc([C@H]2c3c(oc4ccccc4c3=O)C(=O)N2c2nc(C)c(C(=O)OC)s2)c1. The number of anilines is 1. The fraction of sp³-hybridized carbons (Fsp3) is 0.200. The van der Waals surface area contributed by atoms with Gasteiger partial charge in [0.25, 0.3) is 5.91 Å². The second-order valence-corrected chi connectivity index (χ2v) is 8.63. The van der Waals surface area contributed by atoms with Crippen molar-refractivity contribution in [3.8, 4) is 5.75 Å². The van der Waals surface area contributed by atoms with Crippen molar-refractivity contribution in [2.45, 2.75) is 19.9 Å². The van der Waals surface area contributed by atoms with Crippen molar-refractivity contribution in [1.29, 1.82) is 0 Å². The summed E-state index contributed by atoms with van der Waals surface area (Å²) in [4.78, 5) is 45.6. The van der Waals surface area contributed by atoms with Crippen LogP contribution in [-0.2, 0) is 4.74 Å². The number of hydrogen-bond donors (Lipinski definition) is 0. The smallest absolute Gasteiger partial charge is 0.350 e. The molecule has 0 unspecified atom stereocenters. The molecular formula is C25H20N2O6S. The highest BCUT2D eigenvalue weighted by atomic mass is 32.1. The number of hydrogen-bond acceptors (Lipinski definition) is 8. The predicted molar refractivity (Wildman–Crippen MR) is 127 cm³/mol. The Bertz CT molecular complexity index is 1510. The van der Waals surface area contributed by atoms with Gasteiger partial charge in [0.15, 0.2) is 10.6 Å². The molecule has 0 aliphatic carbocycles. The van der Waals surface area contributed by atoms with Crippen molar-refractivity contribution in [2.75, 3.05) is 18.6 Å². The van der Waals surface area contributed by atoms with Crippen molar-refractivity contribution < 1.29 is 23.5 Å². The third kappa shape index (κ3) is 3.36. The van der Waals surface area contributed by atoms with Crippen LogP contribution in [-0.4, -0.2) is 30.6 Å². The number of esters is 1. The lowest BCUT2D eigenvalue weighted by atomic mass is 9.98. The normalized spacial score (nSPS) is 15.0. The zero-order chi connectivity index (χ0) is 24.0. The van der Waals surface area contributed by atoms with E-state index in [0.717, 1.165) is 11.3 Å². The van der Waals surface area contributed by atoms with E-state index in [1.165, 1.54) is 12.0 Å². The van der Waals surface area contributed by atoms with Gasteiger partial charge in [-0.1, -0.05) is 35.6 Å². The lowest BCUT2D eigenvalue weighted by Crippen LogP contribution is -2.29. The van der Waals surface area contributed by atoms with E-state index < -0.39 is 17.9 Å². The second-order valence-electron chi connectivity index (χ2n) is 7.66. The molecule has 4 aromatic rings. The minimum Gasteiger partial charge on any atom is -0.494 e. The maximum absolute atomic E-state index is 13.7. The van der Waals surface area contributed by atoms with Crippen LogP contribution in [0.1, 0.15) is 50.0 Å². The number of nitrogens with zero attached hydrogens (tertiary/aromatic N) is 2. The van der Waals surface area contributed by atoms with Gasteiger partial charge in [0.1, 0.15) is 16.2 Å². The molecular weight excluding hydrogens is 456 g/mol. The predicted octanol–water partition coefficient (Wildman–Crippen LogP) is 4.49. The number of carbonyl (C=O) groups excluding carboxylic acids is 2. The number of amides is 1. The highest BCUT2D eigenvalue weighted by molar-refractivity contribution is 7.17. The summed E-state index contributed by atoms with van der Waals surface area (Å²) in [6.07, 6.45) is 0. The number of carbonyl (C=O) groups is 2. The van der Waals surface area contributed by atoms with E-state index in [-0.39, 0.29) is 26.8 Å². The average Bonchev–Trinajstić information content (AvgIpc) is 3.36. The van der Waals surface area contributed by atoms with Gasteiger partial charge in [0, 0.05) is 0 Å². The molecule has 2 aromatic heterocycles. The van der Waals surface area contributed by atoms with Gasteiger partial charge in [-0.05, 0) is 43.7 Å². The first-order valence-corrected chi connectivity index (χ1v) is 11.4. The van der Waals surface area contributed by atoms with Crippen LogP contribution in [0.4, 0.5) is 5.13 Å². The fourth-order valence-electron chi connectivity index (χ4n) is 4.14. The van der Waals surface area contributed by atoms with Gasteiger partial charge < -0.3 is 13.9 Å². The van der Waals surface area contributed by atoms with Crippen LogP contribution in [0.5, 0.6) is 5.75 Å². The van der Waals surface area contributed by atoms with Gasteiger partial charge in [0.2, 0.25) is 5.76 Å². The molecule has 0 bridgehead atoms. The van der Waals surface area contributed by atoms with Crippen molar-refractivity contribution in [2.24, 2.45) is 0 Å². The zero-order valence-corrected chi connectivity index (χ0v) is 19.5. The van der Waals surface area contributed by atoms with Gasteiger partial charge in [-0.25, -0.2) is 9.78 Å². The quantitative estimate of drug-likeness (QED) is 0.391. The third-order valence-corrected chi connectivity index (χ3v) is 6.76. The minimum absolute atomic E-state index is 0.0389. The summed E-state index contributed by atoms with van der Waals surface area (Å²) in [6, 6.07) is 13.2. The van der Waals surface area contributed by atoms with Crippen molar-refractivity contribution in [3.63, 3.8) is 0 Å². The van der Waals surface area contributed by atoms with Crippen LogP contribution in [0, 0.1) is 6.92 Å². The van der Waals surface area contributed by atoms with E-state index >= 15 is 0 Å². The number of methoxy groups -OCH3 is 1. The molecule has 172 valence electrons. The number of para-hydroxylation sites is 1. The molecule has 1 aliphatic rings. The van der Waals surface area contributed by atoms with Gasteiger partial charge in [-0.15, -0.1) is 0 Å². The molecule has 2 aromatic carbocycles. The number of benzene rings is 2. The van der Waals surface area contributed by atoms with Crippen molar-refractivity contribution in [1.82, 2.24) is 4.98 Å². The Balaban J connectivity index is 1.77. The molecule has 0 fully saturated rings. The fourth-order valence-corrected chi connectivity index (χ4v) is 5.15. The number of fused-ring (bicyclic) bond motifs is 2. The summed E-state index contributed by atoms with van der Waals surface area (Å²) in [5.41, 5.74) is 1.36. The van der Waals surface area contributed by atoms with E-state index in [1.54, 1.807) is 49.4 Å². The van der Waals surface area contributed by atoms with Crippen LogP contribution in [0.15, 0.2) is 57.7 Å². The first-order chi connectivity index (χ1) is 16.4. The summed E-state index contributed by atoms with van der Waals surface area (Å²) in [7, 11) is 1.29. The molecule has 0 saturated heterocycles. The van der Waals surface area contributed by atoms with Gasteiger partial charge in [0.05, 0.1) is 36.4 Å². The lowest BCUT2D eigenvalue weighted by Gasteiger charge is -2.23. The van der Waals surface area contributed by atoms with Gasteiger partial charge in [-0.2, -0.15) is 0 Å². The standard InChI is InChI=1S/C25H20N2O6S/c1-4-32-15-9-7-8-14(12-15)19-18-20(28)16-10-5-6-11-17(16)33-21(18)23(29)27(19)25-26-13(2)22(34-25)24(30)31-3/h5-12,19H,4H2,1-3H3/t19-/m0/s1. The second kappa shape index (κ2) is 8.42. The molecule has 9 heteroatoms. The highest BCUT2D eigenvalue weighted by Gasteiger charge is 2.45. The largest absolute Gasteiger partial charge is 0.494 e. The number of aromatic nitrogens is 1. The first kappa shape index (κ1) is 21.8. The summed E-state index contributed by atoms with van der Waals surface area (Å²) < 4.78 is 16.4. The van der Waals surface area contributed by atoms with E-state index in [0.29, 0.717) is 34.6 Å². The Kier molecular flexibility index (Phi) is 5.41. The number of aryl methyl sites for hydroxylation is 1. The highest BCUT2D eigenvalue weighted by Crippen LogP contribution is 2.43. The van der Waals surface area contributed by atoms with Crippen molar-refractivity contribution in [3.05, 3.63) is 86.2 Å². The first-order valence-electron chi connectivity index (χ1n) is 10.6. The number of ether oxygens (including phenoxy) is 2. The van der Waals surface area contributed by atoms with Gasteiger partial charge >= 0.3 is 5.97 Å². The van der Waals surface area contributed by atoms with Crippen molar-refractivity contribution >= 4 is 39.3 Å². The van der Waals surface area contributed by atoms with Crippen LogP contribution in [0.3, 0.4) is 0 Å². The molecule has 0 saturated carbocycles. The average molecular weight is 477 g/mol. The van der Waals surface area contributed by atoms with E-state index in [9.17, 15) is 14.4 Å². The Labute approximate surface area is 198 Å². The number of rotatable bonds is 5. The monoisotopic (exact) mass is 476 g/mol. The molecule has 0 N–H and O–H groups in total. The molecule has 34 heavy (non-hydrogen) atoms. The summed E-state index contributed by atoms with van der Waals surface area (Å²) in [5, 5.41) is 0.650. The Morgan fingerprint density at radius 1 is 1.18 bits per heavy atom. The summed E-state index contributed by atoms with van der Waals surface area (Å²) >= 11 is 1.03. The lowest BCUT2D eigenvalue weighted by molar-refractivity contribution is 0.0605. The van der Waals surface area contributed by atoms with E-state index in [4.69, 9.17) is 13.9 Å². The molecule has 8 nitrogen and oxygen atoms in total. The third-order valence-electron chi connectivity index (χ3n) is 5.62. The Hall–Kier alpha value is -3.98. The Morgan fingerprint density at radius 2 is 1.97 bits per heavy atom. The molecule has 1 atom stereocenters. The molecule has 3 heterocycles. The van der Waals surface area contributed by atoms with E-state index in [1.807, 2.05) is 13.0 Å². The number of thiazole rings is 1. The molecule has 0 radical (unpaired) electrons. The topological polar surface area (TPSA) is 98.9 Å². The Morgan fingerprint density at radius 3 is 2.74 bits per heavy atom. The summed E-state index contributed by atoms with van der Waals surface area (Å²) in [5.74, 6) is -0.477. The maximum Gasteiger partial charge on any atom is 0.350 e. The molecule has 1 amide bonds. The maximum atomic E-state index is 13.7. The van der Waals surface area contributed by atoms with Crippen LogP contribution >= 0.6 is 11.3 Å². The zero-order valence-electron chi connectivity index (χ0n) is 18.7. The molecule has 1 aliphatic heterocycles. The minimum atomic E-state index is -0.806. The summed E-state index contributed by atoms with van der Waals surface area (Å²) in [6.45, 7) is 4.01. The van der Waals surface area contributed by atoms with Gasteiger partial charge in [-0.3, -0.25) is 14.5 Å². The van der Waals surface area contributed by atoms with Crippen LogP contribution < -0.4 is 15.1 Å². The molecule has 5 rings (SSSR count).